The Morgan fingerprint density at radius 3 is 2.80 bits per heavy atom. The van der Waals surface area contributed by atoms with E-state index in [1.54, 1.807) is 7.11 Å². The van der Waals surface area contributed by atoms with Crippen molar-refractivity contribution in [3.63, 3.8) is 0 Å². The molecule has 1 fully saturated rings. The third kappa shape index (κ3) is 4.04. The minimum atomic E-state index is -0.165. The van der Waals surface area contributed by atoms with Gasteiger partial charge in [-0.25, -0.2) is 0 Å². The molecule has 1 unspecified atom stereocenters. The Morgan fingerprint density at radius 1 is 1.45 bits per heavy atom. The molecule has 1 aliphatic rings. The van der Waals surface area contributed by atoms with Crippen molar-refractivity contribution < 1.29 is 4.74 Å². The van der Waals surface area contributed by atoms with Gasteiger partial charge in [0.15, 0.2) is 5.96 Å². The van der Waals surface area contributed by atoms with Gasteiger partial charge in [-0.05, 0) is 6.07 Å². The Balaban J connectivity index is 2.01. The van der Waals surface area contributed by atoms with Gasteiger partial charge >= 0.3 is 0 Å². The first-order valence-electron chi connectivity index (χ1n) is 6.62. The predicted molar refractivity (Wildman–Crippen MR) is 86.6 cm³/mol. The molecule has 0 saturated carbocycles. The Labute approximate surface area is 129 Å². The second-order valence-corrected chi connectivity index (χ2v) is 6.18. The van der Waals surface area contributed by atoms with Crippen molar-refractivity contribution in [2.75, 3.05) is 38.2 Å². The lowest BCUT2D eigenvalue weighted by molar-refractivity contribution is 0.111. The first kappa shape index (κ1) is 15.5. The summed E-state index contributed by atoms with van der Waals surface area (Å²) in [6.45, 7) is 2.41. The zero-order chi connectivity index (χ0) is 14.4. The molecule has 0 radical (unpaired) electrons. The number of thioether (sulfide) groups is 1. The molecule has 20 heavy (non-hydrogen) atoms. The molecule has 1 aliphatic heterocycles. The van der Waals surface area contributed by atoms with E-state index in [2.05, 4.69) is 9.89 Å². The van der Waals surface area contributed by atoms with Crippen LogP contribution in [0.25, 0.3) is 0 Å². The highest BCUT2D eigenvalue weighted by molar-refractivity contribution is 7.99. The molecule has 0 amide bonds. The smallest absolute Gasteiger partial charge is 0.191 e. The number of nitrogens with zero attached hydrogens (tertiary/aromatic N) is 2. The highest BCUT2D eigenvalue weighted by Crippen LogP contribution is 2.25. The van der Waals surface area contributed by atoms with E-state index in [-0.39, 0.29) is 6.10 Å². The monoisotopic (exact) mass is 313 g/mol. The number of benzene rings is 1. The third-order valence-electron chi connectivity index (χ3n) is 3.29. The summed E-state index contributed by atoms with van der Waals surface area (Å²) in [6, 6.07) is 7.67. The topological polar surface area (TPSA) is 50.9 Å². The van der Waals surface area contributed by atoms with Crippen LogP contribution in [0.3, 0.4) is 0 Å². The Hall–Kier alpha value is -0.910. The van der Waals surface area contributed by atoms with Crippen molar-refractivity contribution in [1.82, 2.24) is 4.90 Å². The number of hydrogen-bond donors (Lipinski definition) is 1. The van der Waals surface area contributed by atoms with E-state index < -0.39 is 0 Å². The lowest BCUT2D eigenvalue weighted by Crippen LogP contribution is -2.42. The van der Waals surface area contributed by atoms with Crippen molar-refractivity contribution in [3.8, 4) is 0 Å². The molecule has 6 heteroatoms. The molecular weight excluding hydrogens is 294 g/mol. The zero-order valence-electron chi connectivity index (χ0n) is 11.6. The predicted octanol–water partition coefficient (Wildman–Crippen LogP) is 2.39. The summed E-state index contributed by atoms with van der Waals surface area (Å²) >= 11 is 8.14. The van der Waals surface area contributed by atoms with Gasteiger partial charge in [-0.3, -0.25) is 4.99 Å². The minimum Gasteiger partial charge on any atom is -0.375 e. The van der Waals surface area contributed by atoms with E-state index in [1.165, 1.54) is 0 Å². The summed E-state index contributed by atoms with van der Waals surface area (Å²) < 4.78 is 5.49. The SMILES string of the molecule is COC(CN=C(N)N1CCSCC1)c1ccccc1Cl. The van der Waals surface area contributed by atoms with Gasteiger partial charge in [0.2, 0.25) is 0 Å². The number of aliphatic imine (C=N–C) groups is 1. The van der Waals surface area contributed by atoms with E-state index in [0.717, 1.165) is 30.2 Å². The molecule has 4 nitrogen and oxygen atoms in total. The van der Waals surface area contributed by atoms with Crippen LogP contribution in [-0.4, -0.2) is 49.1 Å². The van der Waals surface area contributed by atoms with Crippen molar-refractivity contribution in [2.45, 2.75) is 6.10 Å². The van der Waals surface area contributed by atoms with Gasteiger partial charge in [-0.2, -0.15) is 11.8 Å². The molecule has 1 atom stereocenters. The molecule has 0 aromatic heterocycles. The molecular formula is C14H20ClN3OS. The standard InChI is InChI=1S/C14H20ClN3OS/c1-19-13(11-4-2-3-5-12(11)15)10-17-14(16)18-6-8-20-9-7-18/h2-5,13H,6-10H2,1H3,(H2,16,17). The molecule has 1 saturated heterocycles. The molecule has 1 aromatic carbocycles. The summed E-state index contributed by atoms with van der Waals surface area (Å²) in [6.07, 6.45) is -0.165. The fraction of sp³-hybridized carbons (Fsp3) is 0.500. The summed E-state index contributed by atoms with van der Waals surface area (Å²) in [4.78, 5) is 6.58. The fourth-order valence-corrected chi connectivity index (χ4v) is 3.27. The van der Waals surface area contributed by atoms with Crippen LogP contribution in [0.1, 0.15) is 11.7 Å². The molecule has 2 N–H and O–H groups in total. The molecule has 0 bridgehead atoms. The van der Waals surface area contributed by atoms with Crippen LogP contribution >= 0.6 is 23.4 Å². The summed E-state index contributed by atoms with van der Waals surface area (Å²) in [7, 11) is 1.66. The first-order valence-corrected chi connectivity index (χ1v) is 8.15. The van der Waals surface area contributed by atoms with Crippen molar-refractivity contribution in [1.29, 1.82) is 0 Å². The molecule has 1 aromatic rings. The van der Waals surface area contributed by atoms with Gasteiger partial charge in [0.1, 0.15) is 6.10 Å². The van der Waals surface area contributed by atoms with E-state index in [9.17, 15) is 0 Å². The first-order chi connectivity index (χ1) is 9.72. The van der Waals surface area contributed by atoms with Gasteiger partial charge in [-0.15, -0.1) is 0 Å². The van der Waals surface area contributed by atoms with Gasteiger partial charge < -0.3 is 15.4 Å². The van der Waals surface area contributed by atoms with Crippen LogP contribution in [-0.2, 0) is 4.74 Å². The maximum Gasteiger partial charge on any atom is 0.191 e. The van der Waals surface area contributed by atoms with Gasteiger partial charge in [-0.1, -0.05) is 29.8 Å². The normalized spacial score (nSPS) is 18.1. The summed E-state index contributed by atoms with van der Waals surface area (Å²) in [5.41, 5.74) is 6.99. The summed E-state index contributed by atoms with van der Waals surface area (Å²) in [5, 5.41) is 0.697. The minimum absolute atomic E-state index is 0.165. The highest BCUT2D eigenvalue weighted by Gasteiger charge is 2.15. The molecule has 110 valence electrons. The zero-order valence-corrected chi connectivity index (χ0v) is 13.2. The Bertz CT molecular complexity index is 463. The maximum atomic E-state index is 6.19. The quantitative estimate of drug-likeness (QED) is 0.685. The van der Waals surface area contributed by atoms with E-state index in [0.29, 0.717) is 17.5 Å². The van der Waals surface area contributed by atoms with Gasteiger partial charge in [0, 0.05) is 42.3 Å². The van der Waals surface area contributed by atoms with Crippen LogP contribution in [0.5, 0.6) is 0 Å². The van der Waals surface area contributed by atoms with Crippen LogP contribution in [0.4, 0.5) is 0 Å². The second kappa shape index (κ2) is 7.76. The van der Waals surface area contributed by atoms with Crippen molar-refractivity contribution in [3.05, 3.63) is 34.9 Å². The average Bonchev–Trinajstić information content (AvgIpc) is 2.50. The molecule has 0 aliphatic carbocycles. The maximum absolute atomic E-state index is 6.19. The largest absolute Gasteiger partial charge is 0.375 e. The number of methoxy groups -OCH3 is 1. The Morgan fingerprint density at radius 2 is 2.15 bits per heavy atom. The number of hydrogen-bond acceptors (Lipinski definition) is 3. The highest BCUT2D eigenvalue weighted by atomic mass is 35.5. The van der Waals surface area contributed by atoms with E-state index in [4.69, 9.17) is 22.1 Å². The second-order valence-electron chi connectivity index (χ2n) is 4.54. The number of guanidine groups is 1. The lowest BCUT2D eigenvalue weighted by atomic mass is 10.1. The lowest BCUT2D eigenvalue weighted by Gasteiger charge is -2.27. The van der Waals surface area contributed by atoms with Crippen molar-refractivity contribution in [2.24, 2.45) is 10.7 Å². The number of ether oxygens (including phenoxy) is 1. The number of nitrogens with two attached hydrogens (primary N) is 1. The molecule has 0 spiro atoms. The van der Waals surface area contributed by atoms with Gasteiger partial charge in [0.25, 0.3) is 0 Å². The number of halogens is 1. The fourth-order valence-electron chi connectivity index (χ4n) is 2.10. The third-order valence-corrected chi connectivity index (χ3v) is 4.58. The van der Waals surface area contributed by atoms with Crippen LogP contribution < -0.4 is 5.73 Å². The molecule has 1 heterocycles. The van der Waals surface area contributed by atoms with Crippen LogP contribution in [0.15, 0.2) is 29.3 Å². The van der Waals surface area contributed by atoms with Crippen molar-refractivity contribution >= 4 is 29.3 Å². The van der Waals surface area contributed by atoms with Gasteiger partial charge in [0.05, 0.1) is 6.54 Å². The van der Waals surface area contributed by atoms with E-state index >= 15 is 0 Å². The van der Waals surface area contributed by atoms with Crippen LogP contribution in [0, 0.1) is 0 Å². The summed E-state index contributed by atoms with van der Waals surface area (Å²) in [5.74, 6) is 2.81. The Kier molecular flexibility index (Phi) is 6.01. The van der Waals surface area contributed by atoms with Crippen LogP contribution in [0.2, 0.25) is 5.02 Å². The number of rotatable bonds is 4. The molecule has 2 rings (SSSR count). The van der Waals surface area contributed by atoms with E-state index in [1.807, 2.05) is 36.0 Å². The average molecular weight is 314 g/mol.